The van der Waals surface area contributed by atoms with Crippen molar-refractivity contribution in [1.82, 2.24) is 0 Å². The molecule has 0 aliphatic heterocycles. The monoisotopic (exact) mass is 528 g/mol. The molecule has 0 aromatic carbocycles. The van der Waals surface area contributed by atoms with Crippen molar-refractivity contribution in [3.63, 3.8) is 0 Å². The molecule has 0 spiro atoms. The average Bonchev–Trinajstić information content (AvgIpc) is 2.81. The zero-order valence-electron chi connectivity index (χ0n) is 25.9. The maximum atomic E-state index is 18.3. The van der Waals surface area contributed by atoms with Crippen molar-refractivity contribution >= 4 is 0 Å². The fourth-order valence-electron chi connectivity index (χ4n) is 11.8. The normalized spacial score (nSPS) is 51.5. The Morgan fingerprint density at radius 3 is 2.34 bits per heavy atom. The summed E-state index contributed by atoms with van der Waals surface area (Å²) in [7, 11) is 0. The van der Waals surface area contributed by atoms with Gasteiger partial charge in [0.05, 0.1) is 18.3 Å². The molecule has 0 aromatic rings. The van der Waals surface area contributed by atoms with Crippen molar-refractivity contribution in [1.29, 1.82) is 0 Å². The third-order valence-electron chi connectivity index (χ3n) is 13.9. The van der Waals surface area contributed by atoms with E-state index in [0.29, 0.717) is 24.7 Å². The van der Waals surface area contributed by atoms with E-state index in [4.69, 9.17) is 4.74 Å². The van der Waals surface area contributed by atoms with E-state index in [1.165, 1.54) is 18.4 Å². The summed E-state index contributed by atoms with van der Waals surface area (Å²) in [5.74, 6) is 1.13. The number of rotatable bonds is 4. The number of halogens is 1. The molecule has 0 radical (unpaired) electrons. The first kappa shape index (κ1) is 28.9. The van der Waals surface area contributed by atoms with Crippen LogP contribution in [0.3, 0.4) is 0 Å². The van der Waals surface area contributed by atoms with Gasteiger partial charge in [0.1, 0.15) is 5.67 Å². The van der Waals surface area contributed by atoms with Gasteiger partial charge in [0.15, 0.2) is 0 Å². The van der Waals surface area contributed by atoms with Crippen molar-refractivity contribution in [2.45, 2.75) is 156 Å². The molecular formula is C35H57FO2. The van der Waals surface area contributed by atoms with Crippen LogP contribution in [-0.2, 0) is 4.74 Å². The first-order valence-corrected chi connectivity index (χ1v) is 16.0. The summed E-state index contributed by atoms with van der Waals surface area (Å²) < 4.78 is 24.9. The van der Waals surface area contributed by atoms with Crippen LogP contribution in [0.4, 0.5) is 4.39 Å². The van der Waals surface area contributed by atoms with Crippen LogP contribution in [0.5, 0.6) is 0 Å². The molecule has 3 heteroatoms. The second-order valence-electron chi connectivity index (χ2n) is 16.5. The third kappa shape index (κ3) is 3.91. The Labute approximate surface area is 233 Å². The number of aliphatic hydroxyl groups excluding tert-OH is 1. The third-order valence-corrected chi connectivity index (χ3v) is 13.9. The van der Waals surface area contributed by atoms with Crippen LogP contribution in [0.2, 0.25) is 0 Å². The summed E-state index contributed by atoms with van der Waals surface area (Å²) in [5.41, 5.74) is 3.35. The van der Waals surface area contributed by atoms with Gasteiger partial charge in [0.2, 0.25) is 0 Å². The van der Waals surface area contributed by atoms with Crippen LogP contribution < -0.4 is 0 Å². The Morgan fingerprint density at radius 1 is 0.974 bits per heavy atom. The van der Waals surface area contributed by atoms with E-state index >= 15 is 4.39 Å². The molecule has 0 unspecified atom stereocenters. The second-order valence-corrected chi connectivity index (χ2v) is 16.5. The van der Waals surface area contributed by atoms with Gasteiger partial charge in [-0.1, -0.05) is 54.5 Å². The Morgan fingerprint density at radius 2 is 1.68 bits per heavy atom. The van der Waals surface area contributed by atoms with Gasteiger partial charge in [-0.3, -0.25) is 0 Å². The minimum atomic E-state index is -1.15. The fourth-order valence-corrected chi connectivity index (χ4v) is 11.8. The predicted molar refractivity (Wildman–Crippen MR) is 155 cm³/mol. The summed E-state index contributed by atoms with van der Waals surface area (Å²) >= 11 is 0. The number of fused-ring (bicyclic) bond motifs is 7. The molecular weight excluding hydrogens is 471 g/mol. The summed E-state index contributed by atoms with van der Waals surface area (Å²) in [6, 6.07) is 0. The number of alkyl halides is 1. The Bertz CT molecular complexity index is 980. The number of hydrogen-bond acceptors (Lipinski definition) is 2. The Hall–Kier alpha value is -0.630. The standard InChI is InChI=1S/C35H57FO2/c1-10-25-21-30(4,5)22-29-31(25,6)18-19-34(9)33(8)16-13-26-27(38-24(3)20-23(2)37)12-11-15-32(26,7)28(33)14-17-35(29,34)36/h23-24,26-29,37H,1,11-22H2,2-9H3/t23-,24-,26-,27+,28+,29-,31-,32-,33+,34-,35-/m0/s1. The maximum Gasteiger partial charge on any atom is 0.120 e. The number of aliphatic hydroxyl groups is 1. The molecule has 5 saturated carbocycles. The largest absolute Gasteiger partial charge is 0.393 e. The SMILES string of the molecule is C=C=C1CC(C)(C)C[C@H]2[C@@]1(C)CC[C@@]1(C)[C@]3(C)CC[C@H]4[C@H](O[C@@H](C)C[C@H](C)O)CCC[C@]4(C)[C@H]3CC[C@]21F. The lowest BCUT2D eigenvalue weighted by molar-refractivity contribution is -0.281. The summed E-state index contributed by atoms with van der Waals surface area (Å²) in [4.78, 5) is 0. The van der Waals surface area contributed by atoms with E-state index < -0.39 is 5.67 Å². The molecule has 0 amide bonds. The first-order valence-electron chi connectivity index (χ1n) is 16.0. The molecule has 1 N–H and O–H groups in total. The lowest BCUT2D eigenvalue weighted by atomic mass is 9.31. The highest BCUT2D eigenvalue weighted by molar-refractivity contribution is 5.30. The van der Waals surface area contributed by atoms with E-state index in [2.05, 4.69) is 60.8 Å². The Balaban J connectivity index is 1.49. The molecule has 0 heterocycles. The topological polar surface area (TPSA) is 29.5 Å². The van der Waals surface area contributed by atoms with Gasteiger partial charge in [-0.15, -0.1) is 5.73 Å². The highest BCUT2D eigenvalue weighted by atomic mass is 19.1. The Kier molecular flexibility index (Phi) is 6.98. The van der Waals surface area contributed by atoms with Gasteiger partial charge >= 0.3 is 0 Å². The van der Waals surface area contributed by atoms with Crippen LogP contribution >= 0.6 is 0 Å². The van der Waals surface area contributed by atoms with Crippen molar-refractivity contribution in [3.05, 3.63) is 17.9 Å². The van der Waals surface area contributed by atoms with Crippen molar-refractivity contribution in [2.24, 2.45) is 44.8 Å². The van der Waals surface area contributed by atoms with Gasteiger partial charge in [-0.2, -0.15) is 0 Å². The van der Waals surface area contributed by atoms with Crippen molar-refractivity contribution < 1.29 is 14.2 Å². The minimum absolute atomic E-state index is 0.000650. The minimum Gasteiger partial charge on any atom is -0.393 e. The van der Waals surface area contributed by atoms with Gasteiger partial charge in [0, 0.05) is 16.7 Å². The van der Waals surface area contributed by atoms with Gasteiger partial charge in [-0.25, -0.2) is 4.39 Å². The molecule has 2 nitrogen and oxygen atoms in total. The van der Waals surface area contributed by atoms with Crippen LogP contribution in [-0.4, -0.2) is 29.1 Å². The molecule has 5 aliphatic rings. The molecule has 0 saturated heterocycles. The lowest BCUT2D eigenvalue weighted by Gasteiger charge is -2.74. The van der Waals surface area contributed by atoms with Crippen LogP contribution in [0.15, 0.2) is 17.9 Å². The van der Waals surface area contributed by atoms with Gasteiger partial charge < -0.3 is 9.84 Å². The molecule has 11 atom stereocenters. The van der Waals surface area contributed by atoms with E-state index in [0.717, 1.165) is 51.4 Å². The van der Waals surface area contributed by atoms with Crippen LogP contribution in [0.1, 0.15) is 132 Å². The quantitative estimate of drug-likeness (QED) is 0.369. The summed E-state index contributed by atoms with van der Waals surface area (Å²) in [5, 5.41) is 9.93. The number of hydrogen-bond donors (Lipinski definition) is 1. The molecule has 0 bridgehead atoms. The van der Waals surface area contributed by atoms with E-state index in [1.54, 1.807) is 0 Å². The highest BCUT2D eigenvalue weighted by Crippen LogP contribution is 2.78. The average molecular weight is 529 g/mol. The molecule has 0 aromatic heterocycles. The molecule has 38 heavy (non-hydrogen) atoms. The lowest BCUT2D eigenvalue weighted by Crippen LogP contribution is -2.72. The predicted octanol–water partition coefficient (Wildman–Crippen LogP) is 9.21. The van der Waals surface area contributed by atoms with Crippen LogP contribution in [0.25, 0.3) is 0 Å². The molecule has 5 rings (SSSR count). The van der Waals surface area contributed by atoms with Gasteiger partial charge in [0.25, 0.3) is 0 Å². The van der Waals surface area contributed by atoms with E-state index in [1.807, 2.05) is 6.92 Å². The summed E-state index contributed by atoms with van der Waals surface area (Å²) in [6.45, 7) is 22.5. The van der Waals surface area contributed by atoms with Gasteiger partial charge in [-0.05, 0) is 118 Å². The number of ether oxygens (including phenoxy) is 1. The molecule has 5 fully saturated rings. The van der Waals surface area contributed by atoms with E-state index in [-0.39, 0.29) is 51.3 Å². The fraction of sp³-hybridized carbons (Fsp3) is 0.914. The van der Waals surface area contributed by atoms with Crippen molar-refractivity contribution in [3.8, 4) is 0 Å². The highest BCUT2D eigenvalue weighted by Gasteiger charge is 2.75. The zero-order chi connectivity index (χ0) is 27.9. The van der Waals surface area contributed by atoms with Crippen molar-refractivity contribution in [2.75, 3.05) is 0 Å². The molecule has 5 aliphatic carbocycles. The number of allylic oxidation sites excluding steroid dienone is 1. The zero-order valence-corrected chi connectivity index (χ0v) is 25.9. The second kappa shape index (κ2) is 9.19. The smallest absolute Gasteiger partial charge is 0.120 e. The van der Waals surface area contributed by atoms with Crippen LogP contribution in [0, 0.1) is 44.8 Å². The summed E-state index contributed by atoms with van der Waals surface area (Å²) in [6.07, 6.45) is 12.3. The van der Waals surface area contributed by atoms with E-state index in [9.17, 15) is 5.11 Å². The maximum absolute atomic E-state index is 18.3. The molecule has 216 valence electrons. The first-order chi connectivity index (χ1) is 17.6.